The van der Waals surface area contributed by atoms with Crippen molar-refractivity contribution in [1.82, 2.24) is 4.48 Å². The van der Waals surface area contributed by atoms with Gasteiger partial charge in [-0.15, -0.1) is 0 Å². The highest BCUT2D eigenvalue weighted by molar-refractivity contribution is 14.1. The van der Waals surface area contributed by atoms with Crippen molar-refractivity contribution >= 4 is 63.4 Å². The number of methoxy groups -OCH3 is 3. The van der Waals surface area contributed by atoms with E-state index in [2.05, 4.69) is 45.2 Å². The van der Waals surface area contributed by atoms with Crippen molar-refractivity contribution in [3.05, 3.63) is 53.1 Å². The molecule has 0 atom stereocenters. The van der Waals surface area contributed by atoms with Crippen LogP contribution in [0.15, 0.2) is 27.0 Å². The predicted octanol–water partition coefficient (Wildman–Crippen LogP) is 6.08. The molecule has 0 bridgehead atoms. The van der Waals surface area contributed by atoms with E-state index in [9.17, 15) is 0 Å². The zero-order valence-corrected chi connectivity index (χ0v) is 39.6. The monoisotopic (exact) mass is 1060 g/mol. The Kier molecular flexibility index (Phi) is 21.8. The minimum atomic E-state index is -4.22. The minimum absolute atomic E-state index is 0.161. The Hall–Kier alpha value is -1.93. The van der Waals surface area contributed by atoms with E-state index in [0.29, 0.717) is 130 Å². The Morgan fingerprint density at radius 2 is 0.966 bits per heavy atom. The third kappa shape index (κ3) is 13.3. The summed E-state index contributed by atoms with van der Waals surface area (Å²) in [5, 5.41) is 0. The molecule has 1 aromatic carbocycles. The van der Waals surface area contributed by atoms with Gasteiger partial charge in [0.1, 0.15) is 25.5 Å². The Balaban J connectivity index is 1.72. The van der Waals surface area contributed by atoms with Crippen molar-refractivity contribution in [2.75, 3.05) is 140 Å². The van der Waals surface area contributed by atoms with Crippen molar-refractivity contribution in [2.24, 2.45) is 0 Å². The summed E-state index contributed by atoms with van der Waals surface area (Å²) in [7, 11) is 4.86. The molecular formula is C40H59BF2I2N2O12. The Morgan fingerprint density at radius 1 is 0.576 bits per heavy atom. The Morgan fingerprint density at radius 3 is 1.39 bits per heavy atom. The molecule has 0 aliphatic carbocycles. The molecule has 0 saturated carbocycles. The quantitative estimate of drug-likeness (QED) is 0.0496. The van der Waals surface area contributed by atoms with E-state index >= 15 is 8.63 Å². The molecule has 0 N–H and O–H groups in total. The maximum absolute atomic E-state index is 16.8. The highest BCUT2D eigenvalue weighted by Crippen LogP contribution is 2.50. The van der Waals surface area contributed by atoms with Gasteiger partial charge in [-0.05, 0) is 94.9 Å². The first-order chi connectivity index (χ1) is 28.5. The van der Waals surface area contributed by atoms with Crippen LogP contribution < -0.4 is 14.2 Å². The summed E-state index contributed by atoms with van der Waals surface area (Å²) in [6.45, 7) is 9.54. The second-order valence-electron chi connectivity index (χ2n) is 13.4. The van der Waals surface area contributed by atoms with E-state index in [1.165, 1.54) is 8.96 Å². The molecule has 0 saturated heterocycles. The molecule has 2 aliphatic rings. The number of nitrogens with zero attached hydrogens (tertiary/aromatic N) is 2. The van der Waals surface area contributed by atoms with Gasteiger partial charge >= 0.3 is 6.97 Å². The van der Waals surface area contributed by atoms with Crippen molar-refractivity contribution in [2.45, 2.75) is 27.7 Å². The van der Waals surface area contributed by atoms with Crippen LogP contribution in [0.4, 0.5) is 8.63 Å². The molecule has 59 heavy (non-hydrogen) atoms. The summed E-state index contributed by atoms with van der Waals surface area (Å²) >= 11 is 4.33. The Labute approximate surface area is 374 Å². The van der Waals surface area contributed by atoms with Crippen molar-refractivity contribution in [3.8, 4) is 17.2 Å². The summed E-state index contributed by atoms with van der Waals surface area (Å²) in [5.41, 5.74) is 4.66. The van der Waals surface area contributed by atoms with Crippen molar-refractivity contribution in [3.63, 3.8) is 0 Å². The maximum Gasteiger partial charge on any atom is 0.737 e. The van der Waals surface area contributed by atoms with E-state index < -0.39 is 6.97 Å². The second kappa shape index (κ2) is 25.9. The van der Waals surface area contributed by atoms with Gasteiger partial charge in [-0.2, -0.15) is 0 Å². The number of aromatic nitrogens is 1. The molecule has 0 radical (unpaired) electrons. The van der Waals surface area contributed by atoms with Crippen LogP contribution in [0.5, 0.6) is 17.2 Å². The molecule has 0 unspecified atom stereocenters. The fourth-order valence-electron chi connectivity index (χ4n) is 6.65. The molecule has 14 nitrogen and oxygen atoms in total. The van der Waals surface area contributed by atoms with Crippen LogP contribution in [0.3, 0.4) is 0 Å². The summed E-state index contributed by atoms with van der Waals surface area (Å²) in [6, 6.07) is 3.66. The molecule has 19 heteroatoms. The first-order valence-electron chi connectivity index (χ1n) is 19.7. The van der Waals surface area contributed by atoms with Crippen LogP contribution in [0.2, 0.25) is 0 Å². The molecule has 2 aromatic rings. The van der Waals surface area contributed by atoms with Gasteiger partial charge < -0.3 is 74.4 Å². The van der Waals surface area contributed by atoms with Crippen LogP contribution in [0.25, 0.3) is 5.57 Å². The number of hydrogen-bond acceptors (Lipinski definition) is 12. The largest absolute Gasteiger partial charge is 0.737 e. The summed E-state index contributed by atoms with van der Waals surface area (Å²) < 4.78 is 106. The van der Waals surface area contributed by atoms with E-state index in [1.807, 2.05) is 26.0 Å². The van der Waals surface area contributed by atoms with Crippen molar-refractivity contribution < 1.29 is 70.0 Å². The molecule has 2 aliphatic heterocycles. The topological polar surface area (TPSA) is 119 Å². The lowest BCUT2D eigenvalue weighted by molar-refractivity contribution is -0.363. The summed E-state index contributed by atoms with van der Waals surface area (Å²) in [4.78, 5) is 0. The highest BCUT2D eigenvalue weighted by Gasteiger charge is 2.57. The van der Waals surface area contributed by atoms with Gasteiger partial charge in [0.25, 0.3) is 0 Å². The van der Waals surface area contributed by atoms with Crippen LogP contribution >= 0.6 is 45.2 Å². The number of allylic oxidation sites excluding steroid dienone is 2. The lowest BCUT2D eigenvalue weighted by atomic mass is 9.83. The molecule has 3 heterocycles. The number of fused-ring (bicyclic) bond motifs is 2. The standard InChI is InChI=1S/C40H59BF2I2N2O12/c1-28-36(44)30(3)46-38(28)35(39-29(2)37(45)31(4)47(39)41(46,42)43)32-26-33(57-23-20-54-17-14-51-11-8-48-5)40(59-25-22-56-19-16-53-13-10-50-7)34(27-32)58-24-21-55-18-15-52-12-9-49-6/h26-27H,8-25H2,1-7H3. The molecule has 0 fully saturated rings. The Bertz CT molecular complexity index is 1710. The third-order valence-electron chi connectivity index (χ3n) is 9.47. The molecule has 0 spiro atoms. The third-order valence-corrected chi connectivity index (χ3v) is 12.6. The SMILES string of the molecule is COCCOCCOCCOc1cc(C2=C3C(C)=C(I)C(C)=[N+]3[B-](F)(F)n3c(C)c(I)c(C)c32)cc(OCCOCCOCCOC)c1OCCOCCOCCOC. The van der Waals surface area contributed by atoms with E-state index in [4.69, 9.17) is 56.8 Å². The second-order valence-corrected chi connectivity index (χ2v) is 15.6. The minimum Gasteiger partial charge on any atom is -0.487 e. The maximum atomic E-state index is 16.8. The van der Waals surface area contributed by atoms with E-state index in [0.717, 1.165) is 18.3 Å². The normalized spacial score (nSPS) is 14.8. The highest BCUT2D eigenvalue weighted by atomic mass is 127. The van der Waals surface area contributed by atoms with E-state index in [-0.39, 0.29) is 39.6 Å². The van der Waals surface area contributed by atoms with Crippen LogP contribution in [-0.2, 0) is 42.6 Å². The number of ether oxygens (including phenoxy) is 12. The first kappa shape index (κ1) is 49.7. The molecule has 4 rings (SSSR count). The first-order valence-corrected chi connectivity index (χ1v) is 21.8. The van der Waals surface area contributed by atoms with Gasteiger partial charge in [-0.1, -0.05) is 0 Å². The lowest BCUT2D eigenvalue weighted by Gasteiger charge is -2.34. The average Bonchev–Trinajstić information content (AvgIpc) is 3.59. The number of benzene rings is 1. The van der Waals surface area contributed by atoms with Crippen LogP contribution in [0, 0.1) is 17.4 Å². The number of hydrogen-bond donors (Lipinski definition) is 0. The van der Waals surface area contributed by atoms with Crippen LogP contribution in [-0.4, -0.2) is 162 Å². The zero-order chi connectivity index (χ0) is 42.8. The lowest BCUT2D eigenvalue weighted by Crippen LogP contribution is -2.51. The molecular weight excluding hydrogens is 1000 g/mol. The smallest absolute Gasteiger partial charge is 0.487 e. The van der Waals surface area contributed by atoms with Gasteiger partial charge in [-0.25, -0.2) is 0 Å². The number of rotatable bonds is 31. The molecule has 0 amide bonds. The summed E-state index contributed by atoms with van der Waals surface area (Å²) in [6.07, 6.45) is 0. The van der Waals surface area contributed by atoms with Gasteiger partial charge in [0.2, 0.25) is 5.75 Å². The van der Waals surface area contributed by atoms with E-state index in [1.54, 1.807) is 35.2 Å². The number of halogens is 4. The zero-order valence-electron chi connectivity index (χ0n) is 35.3. The molecule has 332 valence electrons. The van der Waals surface area contributed by atoms with Gasteiger partial charge in [0.15, 0.2) is 17.2 Å². The van der Waals surface area contributed by atoms with Crippen molar-refractivity contribution in [1.29, 1.82) is 0 Å². The fraction of sp³-hybridized carbons (Fsp3) is 0.625. The van der Waals surface area contributed by atoms with Crippen LogP contribution in [0.1, 0.15) is 36.4 Å². The molecule has 1 aromatic heterocycles. The fourth-order valence-corrected chi connectivity index (χ4v) is 7.68. The van der Waals surface area contributed by atoms with Gasteiger partial charge in [0, 0.05) is 43.1 Å². The van der Waals surface area contributed by atoms with Gasteiger partial charge in [-0.3, -0.25) is 0 Å². The average molecular weight is 1060 g/mol. The predicted molar refractivity (Wildman–Crippen MR) is 237 cm³/mol. The van der Waals surface area contributed by atoms with Gasteiger partial charge in [0.05, 0.1) is 108 Å². The summed E-state index contributed by atoms with van der Waals surface area (Å²) in [5.74, 6) is 1.04.